The van der Waals surface area contributed by atoms with Crippen molar-refractivity contribution in [2.24, 2.45) is 11.8 Å². The average molecular weight is 231 g/mol. The summed E-state index contributed by atoms with van der Waals surface area (Å²) in [5, 5.41) is 3.70. The summed E-state index contributed by atoms with van der Waals surface area (Å²) < 4.78 is 10.7. The van der Waals surface area contributed by atoms with Crippen molar-refractivity contribution in [3.63, 3.8) is 0 Å². The fourth-order valence-corrected chi connectivity index (χ4v) is 2.71. The molecular weight excluding hydrogens is 214 g/mol. The van der Waals surface area contributed by atoms with Crippen molar-refractivity contribution in [2.45, 2.75) is 31.7 Å². The van der Waals surface area contributed by atoms with Crippen LogP contribution >= 0.6 is 0 Å². The van der Waals surface area contributed by atoms with Gasteiger partial charge in [-0.05, 0) is 49.7 Å². The molecule has 0 aromatic heterocycles. The molecule has 3 heteroatoms. The Morgan fingerprint density at radius 2 is 1.71 bits per heavy atom. The number of hydrogen-bond acceptors (Lipinski definition) is 3. The van der Waals surface area contributed by atoms with Gasteiger partial charge in [-0.25, -0.2) is 0 Å². The van der Waals surface area contributed by atoms with E-state index in [1.54, 1.807) is 0 Å². The number of nitrogens with one attached hydrogen (secondary N) is 1. The lowest BCUT2D eigenvalue weighted by Crippen LogP contribution is -2.24. The van der Waals surface area contributed by atoms with Crippen molar-refractivity contribution in [1.82, 2.24) is 0 Å². The Morgan fingerprint density at radius 1 is 1.00 bits per heavy atom. The molecule has 0 spiro atoms. The van der Waals surface area contributed by atoms with E-state index in [0.717, 1.165) is 23.3 Å². The fourth-order valence-electron chi connectivity index (χ4n) is 2.71. The summed E-state index contributed by atoms with van der Waals surface area (Å²) in [4.78, 5) is 0. The summed E-state index contributed by atoms with van der Waals surface area (Å²) in [6, 6.07) is 6.86. The van der Waals surface area contributed by atoms with Crippen molar-refractivity contribution in [3.8, 4) is 11.5 Å². The number of fused-ring (bicyclic) bond motifs is 1. The number of rotatable bonds is 4. The Morgan fingerprint density at radius 3 is 2.41 bits per heavy atom. The summed E-state index contributed by atoms with van der Waals surface area (Å²) in [6.45, 7) is 0.355. The SMILES string of the molecule is c1cc2c(cc1NC(C1CC1)C1CC1)OCO2. The maximum atomic E-state index is 5.41. The molecule has 4 rings (SSSR count). The quantitative estimate of drug-likeness (QED) is 0.864. The molecule has 1 aromatic rings. The second-order valence-corrected chi connectivity index (χ2v) is 5.41. The van der Waals surface area contributed by atoms with Gasteiger partial charge in [0.1, 0.15) is 0 Å². The molecule has 2 saturated carbocycles. The molecule has 2 aliphatic carbocycles. The first-order chi connectivity index (χ1) is 8.40. The summed E-state index contributed by atoms with van der Waals surface area (Å²) in [6.07, 6.45) is 5.61. The minimum atomic E-state index is 0.355. The highest BCUT2D eigenvalue weighted by molar-refractivity contribution is 5.56. The molecule has 3 aliphatic rings. The predicted molar refractivity (Wildman–Crippen MR) is 65.4 cm³/mol. The van der Waals surface area contributed by atoms with Crippen molar-refractivity contribution in [1.29, 1.82) is 0 Å². The van der Waals surface area contributed by atoms with Crippen LogP contribution in [-0.4, -0.2) is 12.8 Å². The average Bonchev–Trinajstić information content (AvgIpc) is 3.24. The van der Waals surface area contributed by atoms with Crippen LogP contribution in [0.1, 0.15) is 25.7 Å². The van der Waals surface area contributed by atoms with Crippen molar-refractivity contribution in [2.75, 3.05) is 12.1 Å². The van der Waals surface area contributed by atoms with E-state index in [-0.39, 0.29) is 0 Å². The Balaban J connectivity index is 1.53. The Kier molecular flexibility index (Phi) is 2.01. The highest BCUT2D eigenvalue weighted by atomic mass is 16.7. The molecule has 0 saturated heterocycles. The predicted octanol–water partition coefficient (Wildman–Crippen LogP) is 3.02. The molecule has 2 fully saturated rings. The van der Waals surface area contributed by atoms with Gasteiger partial charge in [0.15, 0.2) is 11.5 Å². The van der Waals surface area contributed by atoms with Crippen molar-refractivity contribution in [3.05, 3.63) is 18.2 Å². The van der Waals surface area contributed by atoms with Gasteiger partial charge in [0, 0.05) is 17.8 Å². The molecule has 0 radical (unpaired) electrons. The molecule has 0 atom stereocenters. The topological polar surface area (TPSA) is 30.5 Å². The summed E-state index contributed by atoms with van der Waals surface area (Å²) >= 11 is 0. The second kappa shape index (κ2) is 3.56. The van der Waals surface area contributed by atoms with E-state index in [1.807, 2.05) is 6.07 Å². The molecule has 1 N–H and O–H groups in total. The Hall–Kier alpha value is -1.38. The van der Waals surface area contributed by atoms with Gasteiger partial charge in [-0.15, -0.1) is 0 Å². The van der Waals surface area contributed by atoms with E-state index in [1.165, 1.54) is 31.4 Å². The van der Waals surface area contributed by atoms with Crippen LogP contribution in [0.3, 0.4) is 0 Å². The monoisotopic (exact) mass is 231 g/mol. The largest absolute Gasteiger partial charge is 0.454 e. The molecule has 1 aromatic carbocycles. The van der Waals surface area contributed by atoms with E-state index in [4.69, 9.17) is 9.47 Å². The first-order valence-electron chi connectivity index (χ1n) is 6.56. The third-order valence-corrected chi connectivity index (χ3v) is 3.97. The molecule has 17 heavy (non-hydrogen) atoms. The van der Waals surface area contributed by atoms with Crippen LogP contribution in [0.4, 0.5) is 5.69 Å². The molecule has 90 valence electrons. The van der Waals surface area contributed by atoms with E-state index in [2.05, 4.69) is 17.4 Å². The lowest BCUT2D eigenvalue weighted by Gasteiger charge is -2.19. The first kappa shape index (κ1) is 9.63. The third-order valence-electron chi connectivity index (χ3n) is 3.97. The van der Waals surface area contributed by atoms with E-state index < -0.39 is 0 Å². The third kappa shape index (κ3) is 1.84. The van der Waals surface area contributed by atoms with Crippen LogP contribution in [-0.2, 0) is 0 Å². The minimum Gasteiger partial charge on any atom is -0.454 e. The molecule has 3 nitrogen and oxygen atoms in total. The molecule has 0 unspecified atom stereocenters. The number of anilines is 1. The lowest BCUT2D eigenvalue weighted by atomic mass is 10.1. The van der Waals surface area contributed by atoms with Gasteiger partial charge >= 0.3 is 0 Å². The zero-order chi connectivity index (χ0) is 11.2. The van der Waals surface area contributed by atoms with E-state index in [9.17, 15) is 0 Å². The van der Waals surface area contributed by atoms with Gasteiger partial charge in [0.2, 0.25) is 6.79 Å². The maximum Gasteiger partial charge on any atom is 0.231 e. The second-order valence-electron chi connectivity index (χ2n) is 5.41. The van der Waals surface area contributed by atoms with Crippen LogP contribution in [0.5, 0.6) is 11.5 Å². The molecular formula is C14H17NO2. The van der Waals surface area contributed by atoms with Crippen LogP contribution < -0.4 is 14.8 Å². The molecule has 0 amide bonds. The first-order valence-corrected chi connectivity index (χ1v) is 6.56. The van der Waals surface area contributed by atoms with Gasteiger partial charge in [-0.1, -0.05) is 0 Å². The van der Waals surface area contributed by atoms with Crippen LogP contribution in [0.15, 0.2) is 18.2 Å². The highest BCUT2D eigenvalue weighted by Gasteiger charge is 2.41. The molecule has 1 aliphatic heterocycles. The van der Waals surface area contributed by atoms with Gasteiger partial charge in [0.05, 0.1) is 0 Å². The Labute approximate surface area is 101 Å². The highest BCUT2D eigenvalue weighted by Crippen LogP contribution is 2.46. The van der Waals surface area contributed by atoms with E-state index in [0.29, 0.717) is 12.8 Å². The zero-order valence-electron chi connectivity index (χ0n) is 9.82. The van der Waals surface area contributed by atoms with Crippen LogP contribution in [0.25, 0.3) is 0 Å². The van der Waals surface area contributed by atoms with Crippen molar-refractivity contribution >= 4 is 5.69 Å². The number of benzene rings is 1. The van der Waals surface area contributed by atoms with Crippen LogP contribution in [0.2, 0.25) is 0 Å². The standard InChI is InChI=1S/C14H17NO2/c1-2-9(1)14(10-3-4-10)15-11-5-6-12-13(7-11)17-8-16-12/h5-7,9-10,14-15H,1-4,8H2. The maximum absolute atomic E-state index is 5.41. The minimum absolute atomic E-state index is 0.355. The van der Waals surface area contributed by atoms with Gasteiger partial charge < -0.3 is 14.8 Å². The van der Waals surface area contributed by atoms with Gasteiger partial charge in [-0.3, -0.25) is 0 Å². The smallest absolute Gasteiger partial charge is 0.231 e. The lowest BCUT2D eigenvalue weighted by molar-refractivity contribution is 0.174. The number of hydrogen-bond donors (Lipinski definition) is 1. The van der Waals surface area contributed by atoms with Gasteiger partial charge in [0.25, 0.3) is 0 Å². The van der Waals surface area contributed by atoms with Crippen molar-refractivity contribution < 1.29 is 9.47 Å². The summed E-state index contributed by atoms with van der Waals surface area (Å²) in [5.74, 6) is 3.56. The van der Waals surface area contributed by atoms with E-state index >= 15 is 0 Å². The summed E-state index contributed by atoms with van der Waals surface area (Å²) in [5.41, 5.74) is 1.18. The Bertz CT molecular complexity index is 426. The summed E-state index contributed by atoms with van der Waals surface area (Å²) in [7, 11) is 0. The number of ether oxygens (including phenoxy) is 2. The zero-order valence-corrected chi connectivity index (χ0v) is 9.82. The fraction of sp³-hybridized carbons (Fsp3) is 0.571. The van der Waals surface area contributed by atoms with Crippen LogP contribution in [0, 0.1) is 11.8 Å². The normalized spacial score (nSPS) is 21.9. The molecule has 0 bridgehead atoms. The van der Waals surface area contributed by atoms with Gasteiger partial charge in [-0.2, -0.15) is 0 Å². The molecule has 1 heterocycles.